The lowest BCUT2D eigenvalue weighted by atomic mass is 10.1. The molecule has 0 spiro atoms. The molecule has 5 nitrogen and oxygen atoms in total. The number of para-hydroxylation sites is 1. The van der Waals surface area contributed by atoms with E-state index in [4.69, 9.17) is 32.7 Å². The number of carbonyl (C=O) groups is 1. The molecule has 0 saturated heterocycles. The largest absolute Gasteiger partial charge is 0.497 e. The van der Waals surface area contributed by atoms with Crippen molar-refractivity contribution in [1.29, 1.82) is 5.26 Å². The highest BCUT2D eigenvalue weighted by atomic mass is 35.5. The number of methoxy groups -OCH3 is 1. The van der Waals surface area contributed by atoms with E-state index in [0.29, 0.717) is 32.8 Å². The number of halogens is 2. The molecule has 0 bridgehead atoms. The first-order valence-electron chi connectivity index (χ1n) is 9.23. The molecule has 7 heteroatoms. The average Bonchev–Trinajstić information content (AvgIpc) is 2.79. The minimum atomic E-state index is -0.521. The van der Waals surface area contributed by atoms with E-state index >= 15 is 0 Å². The predicted molar refractivity (Wildman–Crippen MR) is 122 cm³/mol. The van der Waals surface area contributed by atoms with Crippen LogP contribution in [0.3, 0.4) is 0 Å². The summed E-state index contributed by atoms with van der Waals surface area (Å²) in [6.07, 6.45) is 1.49. The summed E-state index contributed by atoms with van der Waals surface area (Å²) in [6.45, 7) is 0.252. The zero-order valence-corrected chi connectivity index (χ0v) is 18.1. The van der Waals surface area contributed by atoms with Crippen LogP contribution in [0.25, 0.3) is 6.08 Å². The average molecular weight is 453 g/mol. The Morgan fingerprint density at radius 1 is 1.06 bits per heavy atom. The lowest BCUT2D eigenvalue weighted by Gasteiger charge is -2.11. The lowest BCUT2D eigenvalue weighted by molar-refractivity contribution is -0.112. The number of nitrogens with zero attached hydrogens (tertiary/aromatic N) is 1. The van der Waals surface area contributed by atoms with Crippen molar-refractivity contribution in [2.75, 3.05) is 12.4 Å². The molecule has 3 aromatic rings. The second kappa shape index (κ2) is 10.5. The highest BCUT2D eigenvalue weighted by Gasteiger charge is 2.12. The van der Waals surface area contributed by atoms with Gasteiger partial charge in [0.1, 0.15) is 29.7 Å². The van der Waals surface area contributed by atoms with Crippen molar-refractivity contribution in [3.8, 4) is 17.6 Å². The summed E-state index contributed by atoms with van der Waals surface area (Å²) in [6, 6.07) is 21.2. The maximum absolute atomic E-state index is 12.6. The second-order valence-corrected chi connectivity index (χ2v) is 7.24. The number of nitriles is 1. The van der Waals surface area contributed by atoms with Crippen LogP contribution in [0.5, 0.6) is 11.5 Å². The summed E-state index contributed by atoms with van der Waals surface area (Å²) in [5, 5.41) is 13.1. The van der Waals surface area contributed by atoms with Crippen LogP contribution in [0.2, 0.25) is 10.0 Å². The van der Waals surface area contributed by atoms with Crippen LogP contribution in [-0.4, -0.2) is 13.0 Å². The van der Waals surface area contributed by atoms with E-state index in [1.807, 2.05) is 18.2 Å². The van der Waals surface area contributed by atoms with Gasteiger partial charge in [0.15, 0.2) is 0 Å². The number of anilines is 1. The van der Waals surface area contributed by atoms with Crippen LogP contribution in [0.15, 0.2) is 72.3 Å². The van der Waals surface area contributed by atoms with Crippen molar-refractivity contribution in [2.24, 2.45) is 0 Å². The van der Waals surface area contributed by atoms with Crippen LogP contribution in [0.1, 0.15) is 11.1 Å². The number of carbonyl (C=O) groups excluding carboxylic acids is 1. The highest BCUT2D eigenvalue weighted by Crippen LogP contribution is 2.26. The summed E-state index contributed by atoms with van der Waals surface area (Å²) in [4.78, 5) is 12.6. The molecule has 0 aliphatic rings. The maximum Gasteiger partial charge on any atom is 0.266 e. The van der Waals surface area contributed by atoms with Gasteiger partial charge in [0, 0.05) is 11.3 Å². The molecule has 1 amide bonds. The second-order valence-electron chi connectivity index (χ2n) is 6.43. The van der Waals surface area contributed by atoms with Crippen molar-refractivity contribution in [1.82, 2.24) is 0 Å². The van der Waals surface area contributed by atoms with E-state index in [9.17, 15) is 10.1 Å². The molecule has 0 heterocycles. The summed E-state index contributed by atoms with van der Waals surface area (Å²) in [5.74, 6) is 0.674. The Morgan fingerprint density at radius 2 is 1.81 bits per heavy atom. The van der Waals surface area contributed by atoms with Gasteiger partial charge >= 0.3 is 0 Å². The Bertz CT molecular complexity index is 1150. The normalized spacial score (nSPS) is 10.8. The molecule has 0 aliphatic carbocycles. The fraction of sp³-hybridized carbons (Fsp3) is 0.0833. The van der Waals surface area contributed by atoms with Gasteiger partial charge in [-0.1, -0.05) is 47.5 Å². The molecule has 0 saturated carbocycles. The minimum absolute atomic E-state index is 0.0543. The van der Waals surface area contributed by atoms with Gasteiger partial charge in [-0.05, 0) is 54.1 Å². The Morgan fingerprint density at radius 3 is 2.48 bits per heavy atom. The van der Waals surface area contributed by atoms with Gasteiger partial charge in [-0.25, -0.2) is 0 Å². The van der Waals surface area contributed by atoms with Crippen LogP contribution in [-0.2, 0) is 11.4 Å². The zero-order chi connectivity index (χ0) is 22.2. The molecule has 0 aliphatic heterocycles. The van der Waals surface area contributed by atoms with Crippen LogP contribution < -0.4 is 14.8 Å². The molecule has 0 unspecified atom stereocenters. The highest BCUT2D eigenvalue weighted by molar-refractivity contribution is 6.42. The SMILES string of the molecule is COc1ccc(NC(=O)/C(C#N)=C/c2ccccc2OCc2ccc(Cl)c(Cl)c2)cc1. The third-order valence-corrected chi connectivity index (χ3v) is 5.05. The summed E-state index contributed by atoms with van der Waals surface area (Å²) < 4.78 is 11.0. The van der Waals surface area contributed by atoms with E-state index in [-0.39, 0.29) is 12.2 Å². The summed E-state index contributed by atoms with van der Waals surface area (Å²) in [5.41, 5.74) is 1.94. The molecule has 31 heavy (non-hydrogen) atoms. The first kappa shape index (κ1) is 22.2. The fourth-order valence-electron chi connectivity index (χ4n) is 2.70. The number of nitrogens with one attached hydrogen (secondary N) is 1. The van der Waals surface area contributed by atoms with Gasteiger partial charge in [0.2, 0.25) is 0 Å². The maximum atomic E-state index is 12.6. The van der Waals surface area contributed by atoms with E-state index in [1.54, 1.807) is 61.7 Å². The van der Waals surface area contributed by atoms with Gasteiger partial charge in [0.25, 0.3) is 5.91 Å². The van der Waals surface area contributed by atoms with Crippen molar-refractivity contribution in [3.63, 3.8) is 0 Å². The monoisotopic (exact) mass is 452 g/mol. The van der Waals surface area contributed by atoms with E-state index in [2.05, 4.69) is 5.32 Å². The number of rotatable bonds is 7. The third-order valence-electron chi connectivity index (χ3n) is 4.31. The minimum Gasteiger partial charge on any atom is -0.497 e. The quantitative estimate of drug-likeness (QED) is 0.345. The Balaban J connectivity index is 1.76. The molecular weight excluding hydrogens is 435 g/mol. The Hall–Kier alpha value is -3.46. The topological polar surface area (TPSA) is 71.3 Å². The van der Waals surface area contributed by atoms with E-state index < -0.39 is 5.91 Å². The van der Waals surface area contributed by atoms with Gasteiger partial charge in [-0.15, -0.1) is 0 Å². The van der Waals surface area contributed by atoms with Crippen molar-refractivity contribution in [3.05, 3.63) is 93.5 Å². The molecule has 1 N–H and O–H groups in total. The smallest absolute Gasteiger partial charge is 0.266 e. The summed E-state index contributed by atoms with van der Waals surface area (Å²) >= 11 is 12.0. The molecule has 156 valence electrons. The van der Waals surface area contributed by atoms with E-state index in [0.717, 1.165) is 5.56 Å². The summed E-state index contributed by atoms with van der Waals surface area (Å²) in [7, 11) is 1.56. The van der Waals surface area contributed by atoms with Gasteiger partial charge in [-0.3, -0.25) is 4.79 Å². The number of hydrogen-bond acceptors (Lipinski definition) is 4. The first-order chi connectivity index (χ1) is 15.0. The molecule has 3 rings (SSSR count). The molecule has 3 aromatic carbocycles. The van der Waals surface area contributed by atoms with Crippen LogP contribution >= 0.6 is 23.2 Å². The predicted octanol–water partition coefficient (Wildman–Crippen LogP) is 6.13. The van der Waals surface area contributed by atoms with Crippen LogP contribution in [0, 0.1) is 11.3 Å². The van der Waals surface area contributed by atoms with E-state index in [1.165, 1.54) is 6.08 Å². The number of ether oxygens (including phenoxy) is 2. The molecule has 0 aromatic heterocycles. The van der Waals surface area contributed by atoms with Crippen molar-refractivity contribution >= 4 is 40.9 Å². The van der Waals surface area contributed by atoms with Crippen molar-refractivity contribution < 1.29 is 14.3 Å². The fourth-order valence-corrected chi connectivity index (χ4v) is 3.02. The zero-order valence-electron chi connectivity index (χ0n) is 16.6. The number of amides is 1. The molecule has 0 fully saturated rings. The van der Waals surface area contributed by atoms with Gasteiger partial charge in [0.05, 0.1) is 17.2 Å². The van der Waals surface area contributed by atoms with Gasteiger partial charge in [-0.2, -0.15) is 5.26 Å². The number of benzene rings is 3. The molecular formula is C24H18Cl2N2O3. The Labute approximate surface area is 190 Å². The molecule has 0 radical (unpaired) electrons. The van der Waals surface area contributed by atoms with Crippen LogP contribution in [0.4, 0.5) is 5.69 Å². The number of hydrogen-bond donors (Lipinski definition) is 1. The lowest BCUT2D eigenvalue weighted by Crippen LogP contribution is -2.13. The van der Waals surface area contributed by atoms with Crippen molar-refractivity contribution in [2.45, 2.75) is 6.61 Å². The molecule has 0 atom stereocenters. The van der Waals surface area contributed by atoms with Gasteiger partial charge < -0.3 is 14.8 Å². The first-order valence-corrected chi connectivity index (χ1v) is 9.98. The third kappa shape index (κ3) is 6.02. The Kier molecular flexibility index (Phi) is 7.55. The standard InChI is InChI=1S/C24H18Cl2N2O3/c1-30-20-9-7-19(8-10-20)28-24(29)18(14-27)13-17-4-2-3-5-23(17)31-15-16-6-11-21(25)22(26)12-16/h2-13H,15H2,1H3,(H,28,29)/b18-13+.